The lowest BCUT2D eigenvalue weighted by atomic mass is 10.2. The van der Waals surface area contributed by atoms with E-state index in [4.69, 9.17) is 13.8 Å². The van der Waals surface area contributed by atoms with Crippen molar-refractivity contribution < 1.29 is 23.3 Å². The minimum atomic E-state index is -3.63. The van der Waals surface area contributed by atoms with E-state index < -0.39 is 18.3 Å². The molecule has 9 heteroatoms. The topological polar surface area (TPSA) is 99.9 Å². The quantitative estimate of drug-likeness (QED) is 0.424. The Kier molecular flexibility index (Phi) is 6.14. The molecule has 0 spiro atoms. The molecule has 0 saturated heterocycles. The molecule has 0 aliphatic carbocycles. The van der Waals surface area contributed by atoms with Crippen molar-refractivity contribution in [2.45, 2.75) is 5.78 Å². The number of hydrogen-bond acceptors (Lipinski definition) is 7. The number of nitro groups is 1. The normalized spacial score (nSPS) is 12.4. The molecular formula is C16H19N2O6P. The third-order valence-corrected chi connectivity index (χ3v) is 5.73. The molecule has 8 nitrogen and oxygen atoms in total. The largest absolute Gasteiger partial charge is 0.497 e. The Morgan fingerprint density at radius 1 is 1.04 bits per heavy atom. The Balaban J connectivity index is 2.49. The summed E-state index contributed by atoms with van der Waals surface area (Å²) in [6.45, 7) is 0. The van der Waals surface area contributed by atoms with Crippen LogP contribution in [0.15, 0.2) is 48.5 Å². The molecule has 2 aromatic rings. The number of nitrogens with one attached hydrogen (secondary N) is 1. The summed E-state index contributed by atoms with van der Waals surface area (Å²) >= 11 is 0. The molecule has 1 unspecified atom stereocenters. The fourth-order valence-electron chi connectivity index (χ4n) is 2.32. The van der Waals surface area contributed by atoms with Crippen LogP contribution in [0.1, 0.15) is 11.3 Å². The van der Waals surface area contributed by atoms with Crippen molar-refractivity contribution in [3.05, 3.63) is 64.2 Å². The van der Waals surface area contributed by atoms with Crippen molar-refractivity contribution in [2.75, 3.05) is 26.6 Å². The fourth-order valence-corrected chi connectivity index (χ4v) is 3.72. The highest BCUT2D eigenvalue weighted by Gasteiger charge is 2.36. The van der Waals surface area contributed by atoms with Crippen LogP contribution < -0.4 is 10.1 Å². The fraction of sp³-hybridized carbons (Fsp3) is 0.250. The first-order chi connectivity index (χ1) is 11.9. The van der Waals surface area contributed by atoms with Crippen LogP contribution in [0.3, 0.4) is 0 Å². The lowest BCUT2D eigenvalue weighted by molar-refractivity contribution is -0.384. The summed E-state index contributed by atoms with van der Waals surface area (Å²) in [6.07, 6.45) is 0. The van der Waals surface area contributed by atoms with Gasteiger partial charge in [-0.25, -0.2) is 0 Å². The SMILES string of the molecule is COc1ccc(C(Nc2ccccc2[N+](=O)[O-])P(=O)(OC)OC)cc1. The smallest absolute Gasteiger partial charge is 0.356 e. The zero-order chi connectivity index (χ0) is 18.4. The molecule has 25 heavy (non-hydrogen) atoms. The van der Waals surface area contributed by atoms with Gasteiger partial charge in [-0.15, -0.1) is 0 Å². The van der Waals surface area contributed by atoms with Gasteiger partial charge in [-0.3, -0.25) is 14.7 Å². The summed E-state index contributed by atoms with van der Waals surface area (Å²) in [5, 5.41) is 14.2. The van der Waals surface area contributed by atoms with Crippen LogP contribution in [0.2, 0.25) is 0 Å². The van der Waals surface area contributed by atoms with Gasteiger partial charge in [0.15, 0.2) is 5.78 Å². The average molecular weight is 366 g/mol. The number of ether oxygens (including phenoxy) is 1. The second-order valence-electron chi connectivity index (χ2n) is 5.00. The molecule has 0 aliphatic rings. The Labute approximate surface area is 145 Å². The molecule has 1 N–H and O–H groups in total. The van der Waals surface area contributed by atoms with E-state index in [-0.39, 0.29) is 11.4 Å². The summed E-state index contributed by atoms with van der Waals surface area (Å²) in [5.74, 6) is -0.313. The van der Waals surface area contributed by atoms with E-state index in [1.54, 1.807) is 36.4 Å². The van der Waals surface area contributed by atoms with Gasteiger partial charge in [0.05, 0.1) is 12.0 Å². The minimum Gasteiger partial charge on any atom is -0.497 e. The maximum Gasteiger partial charge on any atom is 0.356 e. The van der Waals surface area contributed by atoms with Crippen molar-refractivity contribution >= 4 is 19.0 Å². The van der Waals surface area contributed by atoms with Crippen LogP contribution in [0, 0.1) is 10.1 Å². The molecule has 0 aromatic heterocycles. The molecular weight excluding hydrogens is 347 g/mol. The van der Waals surface area contributed by atoms with Crippen molar-refractivity contribution in [3.63, 3.8) is 0 Å². The number of para-hydroxylation sites is 2. The van der Waals surface area contributed by atoms with Gasteiger partial charge >= 0.3 is 7.60 Å². The maximum absolute atomic E-state index is 13.0. The highest BCUT2D eigenvalue weighted by Crippen LogP contribution is 2.60. The molecule has 1 atom stereocenters. The van der Waals surface area contributed by atoms with Crippen molar-refractivity contribution in [2.24, 2.45) is 0 Å². The number of nitrogens with zero attached hydrogens (tertiary/aromatic N) is 1. The highest BCUT2D eigenvalue weighted by molar-refractivity contribution is 7.54. The molecule has 0 saturated carbocycles. The van der Waals surface area contributed by atoms with E-state index in [0.29, 0.717) is 11.3 Å². The second-order valence-corrected chi connectivity index (χ2v) is 7.33. The third kappa shape index (κ3) is 4.17. The zero-order valence-corrected chi connectivity index (χ0v) is 14.9. The summed E-state index contributed by atoms with van der Waals surface area (Å²) in [7, 11) is 0.440. The van der Waals surface area contributed by atoms with Gasteiger partial charge in [0.1, 0.15) is 11.4 Å². The molecule has 0 bridgehead atoms. The Bertz CT molecular complexity index is 772. The predicted octanol–water partition coefficient (Wildman–Crippen LogP) is 4.20. The molecule has 0 amide bonds. The van der Waals surface area contributed by atoms with Gasteiger partial charge < -0.3 is 19.1 Å². The first-order valence-electron chi connectivity index (χ1n) is 7.30. The molecule has 0 fully saturated rings. The second kappa shape index (κ2) is 8.11. The van der Waals surface area contributed by atoms with Gasteiger partial charge in [0.2, 0.25) is 0 Å². The summed E-state index contributed by atoms with van der Waals surface area (Å²) in [4.78, 5) is 10.7. The van der Waals surface area contributed by atoms with Crippen LogP contribution >= 0.6 is 7.60 Å². The number of methoxy groups -OCH3 is 1. The highest BCUT2D eigenvalue weighted by atomic mass is 31.2. The minimum absolute atomic E-state index is 0.139. The van der Waals surface area contributed by atoms with Gasteiger partial charge in [-0.05, 0) is 23.8 Å². The van der Waals surface area contributed by atoms with Crippen LogP contribution in [-0.4, -0.2) is 26.3 Å². The Morgan fingerprint density at radius 2 is 1.64 bits per heavy atom. The monoisotopic (exact) mass is 366 g/mol. The van der Waals surface area contributed by atoms with Gasteiger partial charge in [0.25, 0.3) is 5.69 Å². The lowest BCUT2D eigenvalue weighted by Crippen LogP contribution is -2.14. The molecule has 134 valence electrons. The van der Waals surface area contributed by atoms with E-state index in [1.165, 1.54) is 33.5 Å². The number of rotatable bonds is 8. The standard InChI is InChI=1S/C16H19N2O6P/c1-22-13-10-8-12(9-11-13)16(25(21,23-2)24-3)17-14-6-4-5-7-15(14)18(19)20/h4-11,16-17H,1-3H3. The number of anilines is 1. The van der Waals surface area contributed by atoms with Crippen molar-refractivity contribution in [3.8, 4) is 5.75 Å². The van der Waals surface area contributed by atoms with Crippen LogP contribution in [0.5, 0.6) is 5.75 Å². The van der Waals surface area contributed by atoms with Crippen LogP contribution in [0.4, 0.5) is 11.4 Å². The van der Waals surface area contributed by atoms with E-state index in [1.807, 2.05) is 0 Å². The Hall–Kier alpha value is -2.41. The van der Waals surface area contributed by atoms with Crippen molar-refractivity contribution in [1.29, 1.82) is 0 Å². The molecule has 0 radical (unpaired) electrons. The number of hydrogen-bond donors (Lipinski definition) is 1. The maximum atomic E-state index is 13.0. The van der Waals surface area contributed by atoms with E-state index in [2.05, 4.69) is 5.32 Å². The van der Waals surface area contributed by atoms with Crippen LogP contribution in [0.25, 0.3) is 0 Å². The van der Waals surface area contributed by atoms with E-state index >= 15 is 0 Å². The predicted molar refractivity (Wildman–Crippen MR) is 94.1 cm³/mol. The van der Waals surface area contributed by atoms with Gasteiger partial charge in [-0.1, -0.05) is 24.3 Å². The molecule has 0 heterocycles. The van der Waals surface area contributed by atoms with E-state index in [9.17, 15) is 14.7 Å². The van der Waals surface area contributed by atoms with Gasteiger partial charge in [-0.2, -0.15) is 0 Å². The molecule has 0 aliphatic heterocycles. The molecule has 2 rings (SSSR count). The Morgan fingerprint density at radius 3 is 2.16 bits per heavy atom. The molecule has 2 aromatic carbocycles. The van der Waals surface area contributed by atoms with Crippen molar-refractivity contribution in [1.82, 2.24) is 0 Å². The zero-order valence-electron chi connectivity index (χ0n) is 14.0. The van der Waals surface area contributed by atoms with Crippen LogP contribution in [-0.2, 0) is 13.6 Å². The third-order valence-electron chi connectivity index (χ3n) is 3.65. The van der Waals surface area contributed by atoms with Gasteiger partial charge in [0, 0.05) is 20.3 Å². The lowest BCUT2D eigenvalue weighted by Gasteiger charge is -2.26. The number of benzene rings is 2. The summed E-state index contributed by atoms with van der Waals surface area (Å²) in [5.41, 5.74) is 0.647. The first-order valence-corrected chi connectivity index (χ1v) is 8.91. The first kappa shape index (κ1) is 18.9. The average Bonchev–Trinajstić information content (AvgIpc) is 2.65. The summed E-state index contributed by atoms with van der Waals surface area (Å²) in [6, 6.07) is 12.9. The van der Waals surface area contributed by atoms with E-state index in [0.717, 1.165) is 0 Å². The number of nitro benzene ring substituents is 1. The summed E-state index contributed by atoms with van der Waals surface area (Å²) < 4.78 is 28.3.